The van der Waals surface area contributed by atoms with E-state index in [-0.39, 0.29) is 11.4 Å². The molecule has 0 fully saturated rings. The van der Waals surface area contributed by atoms with Gasteiger partial charge in [-0.3, -0.25) is 10.1 Å². The third-order valence-electron chi connectivity index (χ3n) is 2.71. The van der Waals surface area contributed by atoms with Gasteiger partial charge in [0, 0.05) is 12.1 Å². The van der Waals surface area contributed by atoms with E-state index in [9.17, 15) is 14.9 Å². The molecule has 0 unspecified atom stereocenters. The molecule has 2 N–H and O–H groups in total. The van der Waals surface area contributed by atoms with Gasteiger partial charge in [0.2, 0.25) is 0 Å². The summed E-state index contributed by atoms with van der Waals surface area (Å²) in [6, 6.07) is 10.4. The van der Waals surface area contributed by atoms with Crippen LogP contribution >= 0.6 is 0 Å². The fourth-order valence-electron chi connectivity index (χ4n) is 1.68. The fourth-order valence-corrected chi connectivity index (χ4v) is 1.68. The number of esters is 1. The highest BCUT2D eigenvalue weighted by Gasteiger charge is 2.12. The number of nitrogens with zero attached hydrogens (tertiary/aromatic N) is 1. The van der Waals surface area contributed by atoms with Crippen molar-refractivity contribution in [1.82, 2.24) is 0 Å². The summed E-state index contributed by atoms with van der Waals surface area (Å²) in [5.41, 5.74) is 5.81. The van der Waals surface area contributed by atoms with Crippen molar-refractivity contribution in [2.75, 3.05) is 12.8 Å². The number of carbonyl (C=O) groups excluding carboxylic acids is 1. The Labute approximate surface area is 120 Å². The van der Waals surface area contributed by atoms with Crippen molar-refractivity contribution in [3.05, 3.63) is 58.1 Å². The van der Waals surface area contributed by atoms with Gasteiger partial charge in [-0.1, -0.05) is 0 Å². The van der Waals surface area contributed by atoms with Crippen LogP contribution in [0.5, 0.6) is 11.5 Å². The molecule has 7 heteroatoms. The molecule has 108 valence electrons. The Morgan fingerprint density at radius 3 is 2.29 bits per heavy atom. The summed E-state index contributed by atoms with van der Waals surface area (Å²) in [5, 5.41) is 10.7. The molecule has 2 rings (SSSR count). The molecule has 0 aromatic heterocycles. The summed E-state index contributed by atoms with van der Waals surface area (Å²) in [4.78, 5) is 21.4. The van der Waals surface area contributed by atoms with E-state index in [0.29, 0.717) is 17.1 Å². The number of nitro benzene ring substituents is 1. The van der Waals surface area contributed by atoms with Crippen LogP contribution in [0.25, 0.3) is 0 Å². The zero-order valence-electron chi connectivity index (χ0n) is 11.1. The minimum atomic E-state index is -0.565. The number of hydrogen-bond donors (Lipinski definition) is 1. The summed E-state index contributed by atoms with van der Waals surface area (Å²) >= 11 is 0. The number of nitrogen functional groups attached to an aromatic ring is 1. The minimum Gasteiger partial charge on any atom is -0.465 e. The average molecular weight is 288 g/mol. The average Bonchev–Trinajstić information content (AvgIpc) is 2.47. The van der Waals surface area contributed by atoms with Crippen LogP contribution in [-0.2, 0) is 4.74 Å². The number of rotatable bonds is 4. The number of nitrogens with two attached hydrogens (primary N) is 1. The van der Waals surface area contributed by atoms with Crippen LogP contribution in [0.1, 0.15) is 10.4 Å². The van der Waals surface area contributed by atoms with E-state index < -0.39 is 10.9 Å². The Kier molecular flexibility index (Phi) is 4.03. The van der Waals surface area contributed by atoms with Crippen LogP contribution in [0.2, 0.25) is 0 Å². The first-order valence-corrected chi connectivity index (χ1v) is 5.91. The lowest BCUT2D eigenvalue weighted by Gasteiger charge is -2.07. The maximum absolute atomic E-state index is 11.3. The second-order valence-electron chi connectivity index (χ2n) is 4.10. The van der Waals surface area contributed by atoms with Crippen molar-refractivity contribution in [3.63, 3.8) is 0 Å². The molecule has 0 aliphatic rings. The van der Waals surface area contributed by atoms with Crippen molar-refractivity contribution in [1.29, 1.82) is 0 Å². The SMILES string of the molecule is COC(=O)c1ccc(Oc2ccc([N+](=O)[O-])c(N)c2)cc1. The zero-order chi connectivity index (χ0) is 15.4. The zero-order valence-corrected chi connectivity index (χ0v) is 11.1. The molecule has 0 atom stereocenters. The van der Waals surface area contributed by atoms with Gasteiger partial charge in [0.05, 0.1) is 17.6 Å². The predicted octanol–water partition coefficient (Wildman–Crippen LogP) is 2.76. The molecule has 0 saturated carbocycles. The molecule has 7 nitrogen and oxygen atoms in total. The molecule has 0 heterocycles. The van der Waals surface area contributed by atoms with E-state index in [1.165, 1.54) is 25.3 Å². The summed E-state index contributed by atoms with van der Waals surface area (Å²) in [6.07, 6.45) is 0. The van der Waals surface area contributed by atoms with Gasteiger partial charge >= 0.3 is 5.97 Å². The predicted molar refractivity (Wildman–Crippen MR) is 75.4 cm³/mol. The standard InChI is InChI=1S/C14H12N2O5/c1-20-14(17)9-2-4-10(5-3-9)21-11-6-7-13(16(18)19)12(15)8-11/h2-8H,15H2,1H3. The summed E-state index contributed by atoms with van der Waals surface area (Å²) < 4.78 is 10.1. The van der Waals surface area contributed by atoms with E-state index in [4.69, 9.17) is 10.5 Å². The third-order valence-corrected chi connectivity index (χ3v) is 2.71. The van der Waals surface area contributed by atoms with Crippen molar-refractivity contribution < 1.29 is 19.2 Å². The fraction of sp³-hybridized carbons (Fsp3) is 0.0714. The molecule has 0 saturated heterocycles. The number of carbonyl (C=O) groups is 1. The Morgan fingerprint density at radius 1 is 1.14 bits per heavy atom. The van der Waals surface area contributed by atoms with Gasteiger partial charge in [-0.25, -0.2) is 4.79 Å². The minimum absolute atomic E-state index is 0.0173. The van der Waals surface area contributed by atoms with Crippen LogP contribution < -0.4 is 10.5 Å². The van der Waals surface area contributed by atoms with E-state index >= 15 is 0 Å². The monoisotopic (exact) mass is 288 g/mol. The van der Waals surface area contributed by atoms with Gasteiger partial charge in [0.1, 0.15) is 17.2 Å². The molecular formula is C14H12N2O5. The molecule has 0 bridgehead atoms. The number of hydrogen-bond acceptors (Lipinski definition) is 6. The molecule has 2 aromatic carbocycles. The number of benzene rings is 2. The quantitative estimate of drug-likeness (QED) is 0.401. The highest BCUT2D eigenvalue weighted by atomic mass is 16.6. The molecular weight excluding hydrogens is 276 g/mol. The lowest BCUT2D eigenvalue weighted by atomic mass is 10.2. The molecule has 0 amide bonds. The summed E-state index contributed by atoms with van der Waals surface area (Å²) in [7, 11) is 1.30. The topological polar surface area (TPSA) is 105 Å². The Morgan fingerprint density at radius 2 is 1.76 bits per heavy atom. The highest BCUT2D eigenvalue weighted by Crippen LogP contribution is 2.29. The summed E-state index contributed by atoms with van der Waals surface area (Å²) in [5.74, 6) is 0.390. The van der Waals surface area contributed by atoms with E-state index in [2.05, 4.69) is 4.74 Å². The number of ether oxygens (including phenoxy) is 2. The van der Waals surface area contributed by atoms with Crippen LogP contribution in [0, 0.1) is 10.1 Å². The first-order chi connectivity index (χ1) is 10.0. The molecule has 0 radical (unpaired) electrons. The van der Waals surface area contributed by atoms with E-state index in [0.717, 1.165) is 0 Å². The van der Waals surface area contributed by atoms with Gasteiger partial charge in [-0.05, 0) is 30.3 Å². The largest absolute Gasteiger partial charge is 0.465 e. The maximum atomic E-state index is 11.3. The van der Waals surface area contributed by atoms with E-state index in [1.54, 1.807) is 24.3 Å². The number of nitro groups is 1. The first-order valence-electron chi connectivity index (χ1n) is 5.91. The molecule has 0 aliphatic carbocycles. The van der Waals surface area contributed by atoms with Crippen LogP contribution in [0.4, 0.5) is 11.4 Å². The Bertz CT molecular complexity index is 682. The molecule has 2 aromatic rings. The van der Waals surface area contributed by atoms with Crippen LogP contribution in [-0.4, -0.2) is 18.0 Å². The maximum Gasteiger partial charge on any atom is 0.337 e. The van der Waals surface area contributed by atoms with Gasteiger partial charge in [0.25, 0.3) is 5.69 Å². The van der Waals surface area contributed by atoms with Gasteiger partial charge in [0.15, 0.2) is 0 Å². The number of methoxy groups -OCH3 is 1. The normalized spacial score (nSPS) is 9.95. The molecule has 0 aliphatic heterocycles. The van der Waals surface area contributed by atoms with Crippen LogP contribution in [0.15, 0.2) is 42.5 Å². The van der Waals surface area contributed by atoms with Crippen molar-refractivity contribution in [2.24, 2.45) is 0 Å². The second kappa shape index (κ2) is 5.91. The Balaban J connectivity index is 2.17. The molecule has 0 spiro atoms. The lowest BCUT2D eigenvalue weighted by molar-refractivity contribution is -0.383. The van der Waals surface area contributed by atoms with Crippen molar-refractivity contribution >= 4 is 17.3 Å². The van der Waals surface area contributed by atoms with Gasteiger partial charge < -0.3 is 15.2 Å². The van der Waals surface area contributed by atoms with Gasteiger partial charge in [-0.2, -0.15) is 0 Å². The highest BCUT2D eigenvalue weighted by molar-refractivity contribution is 5.89. The first kappa shape index (κ1) is 14.3. The number of anilines is 1. The lowest BCUT2D eigenvalue weighted by Crippen LogP contribution is -2.00. The van der Waals surface area contributed by atoms with E-state index in [1.807, 2.05) is 0 Å². The smallest absolute Gasteiger partial charge is 0.337 e. The third kappa shape index (κ3) is 3.27. The molecule has 21 heavy (non-hydrogen) atoms. The van der Waals surface area contributed by atoms with Crippen LogP contribution in [0.3, 0.4) is 0 Å². The van der Waals surface area contributed by atoms with Crippen molar-refractivity contribution in [2.45, 2.75) is 0 Å². The van der Waals surface area contributed by atoms with Gasteiger partial charge in [-0.15, -0.1) is 0 Å². The second-order valence-corrected chi connectivity index (χ2v) is 4.10. The summed E-state index contributed by atoms with van der Waals surface area (Å²) in [6.45, 7) is 0. The van der Waals surface area contributed by atoms with Crippen molar-refractivity contribution in [3.8, 4) is 11.5 Å². The Hall–Kier alpha value is -3.09.